The van der Waals surface area contributed by atoms with Crippen molar-refractivity contribution in [2.24, 2.45) is 11.7 Å². The molecule has 0 unspecified atom stereocenters. The first-order chi connectivity index (χ1) is 9.38. The quantitative estimate of drug-likeness (QED) is 0.621. The first kappa shape index (κ1) is 15.3. The van der Waals surface area contributed by atoms with Crippen molar-refractivity contribution in [3.05, 3.63) is 0 Å². The van der Waals surface area contributed by atoms with Crippen LogP contribution in [0.15, 0.2) is 0 Å². The van der Waals surface area contributed by atoms with Gasteiger partial charge in [0.1, 0.15) is 0 Å². The third-order valence-corrected chi connectivity index (χ3v) is 5.00. The molecule has 0 heterocycles. The maximum atomic E-state index is 5.73. The standard InChI is InChI=1S/C16H33N3/c17-13-14-7-9-16(10-8-14)19-12-4-11-18-15-5-2-1-3-6-15/h14-16,18-19H,1-13,17H2. The molecule has 0 aromatic heterocycles. The average molecular weight is 267 g/mol. The highest BCUT2D eigenvalue weighted by molar-refractivity contribution is 4.78. The van der Waals surface area contributed by atoms with Crippen molar-refractivity contribution >= 4 is 0 Å². The van der Waals surface area contributed by atoms with Crippen molar-refractivity contribution in [1.29, 1.82) is 0 Å². The van der Waals surface area contributed by atoms with Crippen LogP contribution in [-0.2, 0) is 0 Å². The monoisotopic (exact) mass is 267 g/mol. The maximum Gasteiger partial charge on any atom is 0.00672 e. The van der Waals surface area contributed by atoms with E-state index in [2.05, 4.69) is 10.6 Å². The van der Waals surface area contributed by atoms with E-state index in [4.69, 9.17) is 5.73 Å². The summed E-state index contributed by atoms with van der Waals surface area (Å²) in [4.78, 5) is 0. The third-order valence-electron chi connectivity index (χ3n) is 5.00. The Bertz CT molecular complexity index is 218. The van der Waals surface area contributed by atoms with E-state index < -0.39 is 0 Å². The van der Waals surface area contributed by atoms with Crippen LogP contribution >= 0.6 is 0 Å². The highest BCUT2D eigenvalue weighted by Gasteiger charge is 2.19. The van der Waals surface area contributed by atoms with Crippen molar-refractivity contribution in [3.8, 4) is 0 Å². The summed E-state index contributed by atoms with van der Waals surface area (Å²) in [6.45, 7) is 3.26. The Morgan fingerprint density at radius 3 is 1.89 bits per heavy atom. The zero-order chi connectivity index (χ0) is 13.3. The molecule has 0 spiro atoms. The van der Waals surface area contributed by atoms with E-state index in [0.29, 0.717) is 0 Å². The zero-order valence-electron chi connectivity index (χ0n) is 12.5. The fourth-order valence-electron chi connectivity index (χ4n) is 3.61. The molecule has 112 valence electrons. The van der Waals surface area contributed by atoms with Gasteiger partial charge in [0.05, 0.1) is 0 Å². The summed E-state index contributed by atoms with van der Waals surface area (Å²) in [6, 6.07) is 1.58. The SMILES string of the molecule is NCC1CCC(NCCCNC2CCCCC2)CC1. The molecule has 2 rings (SSSR count). The predicted molar refractivity (Wildman–Crippen MR) is 82.3 cm³/mol. The van der Waals surface area contributed by atoms with Crippen molar-refractivity contribution in [1.82, 2.24) is 10.6 Å². The van der Waals surface area contributed by atoms with Gasteiger partial charge in [0, 0.05) is 12.1 Å². The van der Waals surface area contributed by atoms with Crippen LogP contribution in [0.3, 0.4) is 0 Å². The Hall–Kier alpha value is -0.120. The summed E-state index contributed by atoms with van der Waals surface area (Å²) < 4.78 is 0. The van der Waals surface area contributed by atoms with Crippen molar-refractivity contribution < 1.29 is 0 Å². The van der Waals surface area contributed by atoms with E-state index in [1.165, 1.54) is 77.3 Å². The molecular weight excluding hydrogens is 234 g/mol. The fraction of sp³-hybridized carbons (Fsp3) is 1.00. The zero-order valence-corrected chi connectivity index (χ0v) is 12.5. The number of hydrogen-bond acceptors (Lipinski definition) is 3. The molecule has 2 aliphatic carbocycles. The van der Waals surface area contributed by atoms with Crippen LogP contribution in [0, 0.1) is 5.92 Å². The lowest BCUT2D eigenvalue weighted by molar-refractivity contribution is 0.294. The van der Waals surface area contributed by atoms with Crippen LogP contribution in [-0.4, -0.2) is 31.7 Å². The highest BCUT2D eigenvalue weighted by atomic mass is 14.9. The summed E-state index contributed by atoms with van der Waals surface area (Å²) >= 11 is 0. The van der Waals surface area contributed by atoms with E-state index in [1.54, 1.807) is 0 Å². The second-order valence-electron chi connectivity index (χ2n) is 6.55. The van der Waals surface area contributed by atoms with Gasteiger partial charge in [0.25, 0.3) is 0 Å². The Morgan fingerprint density at radius 1 is 0.737 bits per heavy atom. The van der Waals surface area contributed by atoms with Gasteiger partial charge in [-0.05, 0) is 70.5 Å². The van der Waals surface area contributed by atoms with Crippen molar-refractivity contribution in [2.75, 3.05) is 19.6 Å². The second-order valence-corrected chi connectivity index (χ2v) is 6.55. The van der Waals surface area contributed by atoms with Gasteiger partial charge in [-0.3, -0.25) is 0 Å². The minimum absolute atomic E-state index is 0.762. The smallest absolute Gasteiger partial charge is 0.00672 e. The van der Waals surface area contributed by atoms with E-state index in [-0.39, 0.29) is 0 Å². The Balaban J connectivity index is 1.43. The number of nitrogens with one attached hydrogen (secondary N) is 2. The maximum absolute atomic E-state index is 5.73. The van der Waals surface area contributed by atoms with Gasteiger partial charge in [0.15, 0.2) is 0 Å². The largest absolute Gasteiger partial charge is 0.330 e. The molecule has 0 amide bonds. The van der Waals surface area contributed by atoms with Gasteiger partial charge in [0.2, 0.25) is 0 Å². The molecule has 2 aliphatic rings. The average Bonchev–Trinajstić information content (AvgIpc) is 2.49. The second kappa shape index (κ2) is 8.93. The lowest BCUT2D eigenvalue weighted by Gasteiger charge is -2.28. The van der Waals surface area contributed by atoms with E-state index in [1.807, 2.05) is 0 Å². The van der Waals surface area contributed by atoms with Gasteiger partial charge < -0.3 is 16.4 Å². The Morgan fingerprint density at radius 2 is 1.32 bits per heavy atom. The molecule has 0 aromatic rings. The normalized spacial score (nSPS) is 29.5. The third kappa shape index (κ3) is 5.80. The van der Waals surface area contributed by atoms with Gasteiger partial charge in [-0.1, -0.05) is 19.3 Å². The molecule has 4 N–H and O–H groups in total. The van der Waals surface area contributed by atoms with Crippen LogP contribution in [0.2, 0.25) is 0 Å². The molecule has 3 nitrogen and oxygen atoms in total. The van der Waals surface area contributed by atoms with Crippen molar-refractivity contribution in [2.45, 2.75) is 76.3 Å². The highest BCUT2D eigenvalue weighted by Crippen LogP contribution is 2.23. The van der Waals surface area contributed by atoms with Gasteiger partial charge in [-0.25, -0.2) is 0 Å². The molecule has 0 bridgehead atoms. The van der Waals surface area contributed by atoms with Crippen LogP contribution in [0.25, 0.3) is 0 Å². The first-order valence-electron chi connectivity index (χ1n) is 8.55. The molecule has 0 saturated heterocycles. The van der Waals surface area contributed by atoms with Crippen LogP contribution in [0.1, 0.15) is 64.2 Å². The summed E-state index contributed by atoms with van der Waals surface area (Å²) in [5.41, 5.74) is 5.73. The van der Waals surface area contributed by atoms with Gasteiger partial charge >= 0.3 is 0 Å². The Kier molecular flexibility index (Phi) is 7.18. The van der Waals surface area contributed by atoms with Gasteiger partial charge in [-0.15, -0.1) is 0 Å². The summed E-state index contributed by atoms with van der Waals surface area (Å²) in [5.74, 6) is 0.797. The summed E-state index contributed by atoms with van der Waals surface area (Å²) in [5, 5.41) is 7.44. The topological polar surface area (TPSA) is 50.1 Å². The first-order valence-corrected chi connectivity index (χ1v) is 8.55. The minimum Gasteiger partial charge on any atom is -0.330 e. The molecule has 0 atom stereocenters. The molecule has 2 fully saturated rings. The minimum atomic E-state index is 0.762. The van der Waals surface area contributed by atoms with E-state index in [0.717, 1.165) is 24.5 Å². The Labute approximate surface area is 119 Å². The molecule has 0 radical (unpaired) electrons. The van der Waals surface area contributed by atoms with Gasteiger partial charge in [-0.2, -0.15) is 0 Å². The fourth-order valence-corrected chi connectivity index (χ4v) is 3.61. The number of hydrogen-bond donors (Lipinski definition) is 3. The lowest BCUT2D eigenvalue weighted by atomic mass is 9.86. The predicted octanol–water partition coefficient (Wildman–Crippen LogP) is 2.41. The number of nitrogens with two attached hydrogens (primary N) is 1. The number of rotatable bonds is 7. The summed E-state index contributed by atoms with van der Waals surface area (Å²) in [7, 11) is 0. The molecule has 0 aromatic carbocycles. The molecule has 3 heteroatoms. The van der Waals surface area contributed by atoms with Crippen molar-refractivity contribution in [3.63, 3.8) is 0 Å². The summed E-state index contributed by atoms with van der Waals surface area (Å²) in [6.07, 6.45) is 13.7. The van der Waals surface area contributed by atoms with Crippen LogP contribution < -0.4 is 16.4 Å². The van der Waals surface area contributed by atoms with Crippen LogP contribution in [0.5, 0.6) is 0 Å². The van der Waals surface area contributed by atoms with Crippen LogP contribution in [0.4, 0.5) is 0 Å². The molecule has 0 aliphatic heterocycles. The molecular formula is C16H33N3. The van der Waals surface area contributed by atoms with E-state index in [9.17, 15) is 0 Å². The van der Waals surface area contributed by atoms with E-state index >= 15 is 0 Å². The molecule has 19 heavy (non-hydrogen) atoms. The molecule has 2 saturated carbocycles. The lowest BCUT2D eigenvalue weighted by Crippen LogP contribution is -2.37.